The van der Waals surface area contributed by atoms with Crippen molar-refractivity contribution in [1.82, 2.24) is 0 Å². The monoisotopic (exact) mass is 331 g/mol. The normalized spacial score (nSPS) is 12.4. The van der Waals surface area contributed by atoms with Crippen LogP contribution in [0.4, 0.5) is 5.69 Å². The zero-order valence-electron chi connectivity index (χ0n) is 9.57. The van der Waals surface area contributed by atoms with E-state index in [1.165, 1.54) is 19.9 Å². The summed E-state index contributed by atoms with van der Waals surface area (Å²) in [5.41, 5.74) is 0.529. The zero-order valence-corrected chi connectivity index (χ0v) is 12.7. The standard InChI is InChI=1S/C9H11Cl2NO4S2/c1-3-17(13,14)12-9-6(2)4-7(5-8(9)10)18(11,15)16/h4-5,12H,3H2,1-2H3. The maximum Gasteiger partial charge on any atom is 0.261 e. The maximum atomic E-state index is 11.4. The van der Waals surface area contributed by atoms with Gasteiger partial charge < -0.3 is 0 Å². The average molecular weight is 332 g/mol. The van der Waals surface area contributed by atoms with Gasteiger partial charge in [-0.2, -0.15) is 0 Å². The van der Waals surface area contributed by atoms with Crippen LogP contribution in [-0.4, -0.2) is 22.6 Å². The van der Waals surface area contributed by atoms with Gasteiger partial charge in [-0.15, -0.1) is 0 Å². The molecule has 1 rings (SSSR count). The number of nitrogens with one attached hydrogen (secondary N) is 1. The van der Waals surface area contributed by atoms with E-state index in [-0.39, 0.29) is 21.4 Å². The predicted octanol–water partition coefficient (Wildman–Crippen LogP) is 2.34. The van der Waals surface area contributed by atoms with Crippen molar-refractivity contribution in [2.24, 2.45) is 0 Å². The highest BCUT2D eigenvalue weighted by atomic mass is 35.7. The number of benzene rings is 1. The second-order valence-corrected chi connectivity index (χ2v) is 8.52. The maximum absolute atomic E-state index is 11.4. The molecule has 0 amide bonds. The fraction of sp³-hybridized carbons (Fsp3) is 0.333. The van der Waals surface area contributed by atoms with Crippen molar-refractivity contribution in [3.8, 4) is 0 Å². The molecule has 0 aliphatic carbocycles. The second-order valence-electron chi connectivity index (χ2n) is 3.54. The highest BCUT2D eigenvalue weighted by Crippen LogP contribution is 2.31. The van der Waals surface area contributed by atoms with Gasteiger partial charge in [0.15, 0.2) is 0 Å². The highest BCUT2D eigenvalue weighted by Gasteiger charge is 2.17. The molecule has 0 fully saturated rings. The lowest BCUT2D eigenvalue weighted by Crippen LogP contribution is -2.16. The number of hydrogen-bond donors (Lipinski definition) is 1. The molecule has 1 N–H and O–H groups in total. The molecule has 18 heavy (non-hydrogen) atoms. The van der Waals surface area contributed by atoms with Gasteiger partial charge in [-0.1, -0.05) is 11.6 Å². The molecule has 0 aliphatic rings. The summed E-state index contributed by atoms with van der Waals surface area (Å²) in [6, 6.07) is 2.35. The van der Waals surface area contributed by atoms with Gasteiger partial charge in [-0.3, -0.25) is 4.72 Å². The summed E-state index contributed by atoms with van der Waals surface area (Å²) in [6.45, 7) is 3.01. The van der Waals surface area contributed by atoms with E-state index < -0.39 is 19.1 Å². The minimum Gasteiger partial charge on any atom is -0.282 e. The first kappa shape index (κ1) is 15.6. The van der Waals surface area contributed by atoms with Gasteiger partial charge in [0.2, 0.25) is 10.0 Å². The van der Waals surface area contributed by atoms with Gasteiger partial charge in [0.1, 0.15) is 0 Å². The van der Waals surface area contributed by atoms with Gasteiger partial charge >= 0.3 is 0 Å². The van der Waals surface area contributed by atoms with Gasteiger partial charge in [0, 0.05) is 10.7 Å². The summed E-state index contributed by atoms with van der Waals surface area (Å²) in [7, 11) is -2.20. The van der Waals surface area contributed by atoms with Crippen LogP contribution in [0.3, 0.4) is 0 Å². The third-order valence-corrected chi connectivity index (χ3v) is 5.09. The van der Waals surface area contributed by atoms with E-state index in [0.717, 1.165) is 6.07 Å². The molecule has 1 aromatic carbocycles. The molecule has 0 atom stereocenters. The predicted molar refractivity (Wildman–Crippen MR) is 72.3 cm³/mol. The summed E-state index contributed by atoms with van der Waals surface area (Å²) >= 11 is 5.85. The molecule has 0 spiro atoms. The van der Waals surface area contributed by atoms with E-state index in [0.29, 0.717) is 5.56 Å². The van der Waals surface area contributed by atoms with Crippen LogP contribution in [-0.2, 0) is 19.1 Å². The van der Waals surface area contributed by atoms with E-state index in [9.17, 15) is 16.8 Å². The van der Waals surface area contributed by atoms with E-state index in [4.69, 9.17) is 22.3 Å². The summed E-state index contributed by atoms with van der Waals surface area (Å²) in [5, 5.41) is -0.0220. The van der Waals surface area contributed by atoms with Crippen molar-refractivity contribution in [3.05, 3.63) is 22.7 Å². The Bertz CT molecular complexity index is 645. The Morgan fingerprint density at radius 2 is 1.78 bits per heavy atom. The molecule has 0 unspecified atom stereocenters. The Balaban J connectivity index is 3.35. The number of sulfonamides is 1. The summed E-state index contributed by atoms with van der Waals surface area (Å²) in [6.07, 6.45) is 0. The first-order chi connectivity index (χ1) is 8.07. The van der Waals surface area contributed by atoms with Gasteiger partial charge in [-0.05, 0) is 31.5 Å². The van der Waals surface area contributed by atoms with Crippen molar-refractivity contribution in [1.29, 1.82) is 0 Å². The lowest BCUT2D eigenvalue weighted by molar-refractivity contribution is 0.602. The first-order valence-electron chi connectivity index (χ1n) is 4.82. The lowest BCUT2D eigenvalue weighted by Gasteiger charge is -2.12. The van der Waals surface area contributed by atoms with Crippen molar-refractivity contribution >= 4 is 47.0 Å². The van der Waals surface area contributed by atoms with Crippen molar-refractivity contribution < 1.29 is 16.8 Å². The number of hydrogen-bond acceptors (Lipinski definition) is 4. The number of halogens is 2. The topological polar surface area (TPSA) is 80.3 Å². The molecule has 0 radical (unpaired) electrons. The molecule has 102 valence electrons. The van der Waals surface area contributed by atoms with Crippen molar-refractivity contribution in [2.75, 3.05) is 10.5 Å². The molecule has 9 heteroatoms. The molecule has 0 heterocycles. The van der Waals surface area contributed by atoms with Crippen molar-refractivity contribution in [3.63, 3.8) is 0 Å². The van der Waals surface area contributed by atoms with E-state index in [2.05, 4.69) is 4.72 Å². The Morgan fingerprint density at radius 3 is 2.17 bits per heavy atom. The van der Waals surface area contributed by atoms with Crippen LogP contribution in [0.25, 0.3) is 0 Å². The van der Waals surface area contributed by atoms with Crippen LogP contribution in [0.2, 0.25) is 5.02 Å². The minimum atomic E-state index is -3.90. The Hall–Kier alpha value is -0.500. The number of anilines is 1. The third kappa shape index (κ3) is 3.74. The Kier molecular flexibility index (Phi) is 4.53. The second kappa shape index (κ2) is 5.24. The largest absolute Gasteiger partial charge is 0.282 e. The molecular weight excluding hydrogens is 321 g/mol. The van der Waals surface area contributed by atoms with Crippen LogP contribution in [0.5, 0.6) is 0 Å². The number of aryl methyl sites for hydroxylation is 1. The minimum absolute atomic E-state index is 0.0220. The molecule has 0 saturated heterocycles. The summed E-state index contributed by atoms with van der Waals surface area (Å²) < 4.78 is 47.5. The third-order valence-electron chi connectivity index (χ3n) is 2.18. The molecule has 5 nitrogen and oxygen atoms in total. The van der Waals surface area contributed by atoms with E-state index >= 15 is 0 Å². The highest BCUT2D eigenvalue weighted by molar-refractivity contribution is 8.13. The fourth-order valence-corrected chi connectivity index (χ4v) is 3.21. The van der Waals surface area contributed by atoms with Crippen LogP contribution in [0, 0.1) is 6.92 Å². The van der Waals surface area contributed by atoms with E-state index in [1.807, 2.05) is 0 Å². The summed E-state index contributed by atoms with van der Waals surface area (Å²) in [4.78, 5) is -0.175. The van der Waals surface area contributed by atoms with Gasteiger partial charge in [-0.25, -0.2) is 16.8 Å². The molecule has 0 bridgehead atoms. The molecule has 0 aromatic heterocycles. The molecule has 0 aliphatic heterocycles. The lowest BCUT2D eigenvalue weighted by atomic mass is 10.2. The van der Waals surface area contributed by atoms with Gasteiger partial charge in [0.25, 0.3) is 9.05 Å². The van der Waals surface area contributed by atoms with E-state index in [1.54, 1.807) is 0 Å². The van der Waals surface area contributed by atoms with Crippen LogP contribution >= 0.6 is 22.3 Å². The SMILES string of the molecule is CCS(=O)(=O)Nc1c(C)cc(S(=O)(=O)Cl)cc1Cl. The van der Waals surface area contributed by atoms with Crippen LogP contribution in [0.1, 0.15) is 12.5 Å². The van der Waals surface area contributed by atoms with Crippen molar-refractivity contribution in [2.45, 2.75) is 18.7 Å². The summed E-state index contributed by atoms with van der Waals surface area (Å²) in [5.74, 6) is -0.113. The van der Waals surface area contributed by atoms with Gasteiger partial charge in [0.05, 0.1) is 21.4 Å². The van der Waals surface area contributed by atoms with Crippen LogP contribution in [0.15, 0.2) is 17.0 Å². The number of rotatable bonds is 4. The first-order valence-corrected chi connectivity index (χ1v) is 9.16. The molecule has 1 aromatic rings. The molecular formula is C9H11Cl2NO4S2. The average Bonchev–Trinajstić information content (AvgIpc) is 2.22. The quantitative estimate of drug-likeness (QED) is 0.858. The Labute approximate surface area is 116 Å². The van der Waals surface area contributed by atoms with Crippen LogP contribution < -0.4 is 4.72 Å². The zero-order chi connectivity index (χ0) is 14.1. The fourth-order valence-electron chi connectivity index (χ4n) is 1.21. The molecule has 0 saturated carbocycles. The smallest absolute Gasteiger partial charge is 0.261 e. The Morgan fingerprint density at radius 1 is 1.22 bits per heavy atom.